The minimum absolute atomic E-state index is 0. The fourth-order valence-electron chi connectivity index (χ4n) is 0.812. The van der Waals surface area contributed by atoms with Crippen molar-refractivity contribution in [2.45, 2.75) is 6.61 Å². The van der Waals surface area contributed by atoms with Crippen LogP contribution in [0.15, 0.2) is 6.07 Å². The van der Waals surface area contributed by atoms with Crippen molar-refractivity contribution in [2.24, 2.45) is 0 Å². The summed E-state index contributed by atoms with van der Waals surface area (Å²) in [6, 6.07) is 0.629. The fraction of sp³-hybridized carbons (Fsp3) is 0.143. The van der Waals surface area contributed by atoms with E-state index >= 15 is 0 Å². The number of hydrogen-bond donors (Lipinski definition) is 1. The predicted octanol–water partition coefficient (Wildman–Crippen LogP) is -2.61. The Bertz CT molecular complexity index is 319. The molecular weight excluding hydrogens is 207 g/mol. The second kappa shape index (κ2) is 5.53. The van der Waals surface area contributed by atoms with E-state index in [9.17, 15) is 13.2 Å². The summed E-state index contributed by atoms with van der Waals surface area (Å²) in [5, 5.41) is 8.51. The quantitative estimate of drug-likeness (QED) is 0.398. The van der Waals surface area contributed by atoms with Crippen LogP contribution >= 0.6 is 0 Å². The van der Waals surface area contributed by atoms with Crippen molar-refractivity contribution in [2.75, 3.05) is 0 Å². The molecule has 1 nitrogen and oxygen atoms in total. The third-order valence-corrected chi connectivity index (χ3v) is 1.46. The predicted molar refractivity (Wildman–Crippen MR) is 37.6 cm³/mol. The number of aliphatic hydroxyl groups excluding tert-OH is 1. The Kier molecular flexibility index (Phi) is 5.81. The van der Waals surface area contributed by atoms with Crippen LogP contribution in [0.2, 0.25) is 0 Å². The first-order valence-corrected chi connectivity index (χ1v) is 3.10. The first kappa shape index (κ1) is 13.7. The van der Waals surface area contributed by atoms with E-state index in [0.29, 0.717) is 6.07 Å². The topological polar surface area (TPSA) is 20.2 Å². The average molecular weight is 211 g/mol. The molecular formula is C7H4BF3KO. The van der Waals surface area contributed by atoms with Gasteiger partial charge >= 0.3 is 51.4 Å². The number of rotatable bonds is 1. The number of benzene rings is 1. The Morgan fingerprint density at radius 3 is 2.23 bits per heavy atom. The number of halogens is 3. The molecule has 0 heterocycles. The smallest absolute Gasteiger partial charge is 0.580 e. The SMILES string of the molecule is [B-]c1cc(F)c(F)c(F)c1CO.[K+]. The molecule has 1 rings (SSSR count). The largest absolute Gasteiger partial charge is 1.00 e. The van der Waals surface area contributed by atoms with E-state index in [1.54, 1.807) is 0 Å². The Hall–Kier alpha value is 0.671. The van der Waals surface area contributed by atoms with Crippen LogP contribution in [0.1, 0.15) is 5.56 Å². The van der Waals surface area contributed by atoms with E-state index < -0.39 is 29.6 Å². The molecule has 0 saturated carbocycles. The van der Waals surface area contributed by atoms with E-state index in [4.69, 9.17) is 13.0 Å². The summed E-state index contributed by atoms with van der Waals surface area (Å²) in [5.74, 6) is -4.41. The van der Waals surface area contributed by atoms with Crippen LogP contribution in [0.25, 0.3) is 0 Å². The van der Waals surface area contributed by atoms with Gasteiger partial charge in [-0.3, -0.25) is 0 Å². The Morgan fingerprint density at radius 1 is 1.23 bits per heavy atom. The van der Waals surface area contributed by atoms with Crippen LogP contribution in [0, 0.1) is 17.5 Å². The molecule has 0 amide bonds. The molecule has 0 aliphatic carbocycles. The molecule has 0 spiro atoms. The van der Waals surface area contributed by atoms with Crippen molar-refractivity contribution in [3.05, 3.63) is 29.1 Å². The third-order valence-electron chi connectivity index (χ3n) is 1.46. The zero-order valence-electron chi connectivity index (χ0n) is 6.94. The van der Waals surface area contributed by atoms with Crippen molar-refractivity contribution >= 4 is 13.3 Å². The summed E-state index contributed by atoms with van der Waals surface area (Å²) in [7, 11) is 5.09. The van der Waals surface area contributed by atoms with Crippen LogP contribution in [0.3, 0.4) is 0 Å². The van der Waals surface area contributed by atoms with Crippen LogP contribution in [-0.2, 0) is 6.61 Å². The van der Waals surface area contributed by atoms with Gasteiger partial charge in [0.2, 0.25) is 0 Å². The second-order valence-corrected chi connectivity index (χ2v) is 2.21. The van der Waals surface area contributed by atoms with Crippen molar-refractivity contribution in [1.82, 2.24) is 0 Å². The molecule has 0 saturated heterocycles. The monoisotopic (exact) mass is 211 g/mol. The van der Waals surface area contributed by atoms with E-state index in [1.807, 2.05) is 0 Å². The Morgan fingerprint density at radius 2 is 1.77 bits per heavy atom. The molecule has 1 N–H and O–H groups in total. The molecule has 1 aromatic carbocycles. The maximum absolute atomic E-state index is 12.7. The Balaban J connectivity index is 0.00000144. The molecule has 63 valence electrons. The van der Waals surface area contributed by atoms with Crippen molar-refractivity contribution in [3.8, 4) is 0 Å². The summed E-state index contributed by atoms with van der Waals surface area (Å²) in [4.78, 5) is 0. The van der Waals surface area contributed by atoms with Crippen molar-refractivity contribution in [3.63, 3.8) is 0 Å². The van der Waals surface area contributed by atoms with E-state index in [0.717, 1.165) is 0 Å². The molecule has 0 bridgehead atoms. The molecule has 0 unspecified atom stereocenters. The van der Waals surface area contributed by atoms with Gasteiger partial charge in [-0.25, -0.2) is 13.2 Å². The van der Waals surface area contributed by atoms with Gasteiger partial charge in [0.25, 0.3) is 0 Å². The molecule has 1 aromatic rings. The van der Waals surface area contributed by atoms with Gasteiger partial charge < -0.3 is 18.4 Å². The number of aliphatic hydroxyl groups is 1. The molecule has 6 heteroatoms. The van der Waals surface area contributed by atoms with Crippen molar-refractivity contribution in [1.29, 1.82) is 0 Å². The first-order valence-electron chi connectivity index (χ1n) is 3.10. The van der Waals surface area contributed by atoms with Gasteiger partial charge in [-0.1, -0.05) is 6.07 Å². The van der Waals surface area contributed by atoms with Gasteiger partial charge in [-0.05, 0) is 5.56 Å². The fourth-order valence-corrected chi connectivity index (χ4v) is 0.812. The maximum atomic E-state index is 12.7. The van der Waals surface area contributed by atoms with E-state index in [1.165, 1.54) is 0 Å². The van der Waals surface area contributed by atoms with Crippen LogP contribution in [-0.4, -0.2) is 13.0 Å². The maximum Gasteiger partial charge on any atom is 1.00 e. The van der Waals surface area contributed by atoms with Crippen molar-refractivity contribution < 1.29 is 69.7 Å². The van der Waals surface area contributed by atoms with Gasteiger partial charge in [0.1, 0.15) is 0 Å². The van der Waals surface area contributed by atoms with Gasteiger partial charge in [0.05, 0.1) is 6.61 Å². The van der Waals surface area contributed by atoms with Gasteiger partial charge in [0.15, 0.2) is 17.5 Å². The zero-order chi connectivity index (χ0) is 9.30. The first-order chi connectivity index (χ1) is 5.57. The number of hydrogen-bond acceptors (Lipinski definition) is 1. The summed E-state index contributed by atoms with van der Waals surface area (Å²) in [6.07, 6.45) is 0. The molecule has 0 fully saturated rings. The minimum atomic E-state index is -1.62. The average Bonchev–Trinajstić information content (AvgIpc) is 2.01. The van der Waals surface area contributed by atoms with Gasteiger partial charge in [-0.2, -0.15) is 0 Å². The summed E-state index contributed by atoms with van der Waals surface area (Å²) in [6.45, 7) is -0.755. The van der Waals surface area contributed by atoms with E-state index in [2.05, 4.69) is 0 Å². The molecule has 0 atom stereocenters. The third kappa shape index (κ3) is 2.81. The normalized spacial score (nSPS) is 9.62. The standard InChI is InChI=1S/C7H4BF3O.K/c8-4-1-5(9)7(11)6(10)3(4)2-12;/h1,12H,2H2;/q-1;+1. The van der Waals surface area contributed by atoms with E-state index in [-0.39, 0.29) is 56.8 Å². The summed E-state index contributed by atoms with van der Waals surface area (Å²) >= 11 is 0. The van der Waals surface area contributed by atoms with Gasteiger partial charge in [0, 0.05) is 0 Å². The molecule has 0 aliphatic heterocycles. The Labute approximate surface area is 117 Å². The van der Waals surface area contributed by atoms with Crippen LogP contribution in [0.5, 0.6) is 0 Å². The molecule has 13 heavy (non-hydrogen) atoms. The van der Waals surface area contributed by atoms with Crippen LogP contribution in [0.4, 0.5) is 13.2 Å². The van der Waals surface area contributed by atoms with Crippen LogP contribution < -0.4 is 56.8 Å². The minimum Gasteiger partial charge on any atom is -0.580 e. The summed E-state index contributed by atoms with van der Waals surface area (Å²) < 4.78 is 37.5. The summed E-state index contributed by atoms with van der Waals surface area (Å²) in [5.41, 5.74) is -0.720. The molecule has 3 radical (unpaired) electrons. The zero-order valence-corrected chi connectivity index (χ0v) is 10.1. The van der Waals surface area contributed by atoms with Gasteiger partial charge in [-0.15, -0.1) is 0 Å². The second-order valence-electron chi connectivity index (χ2n) is 2.21. The molecule has 0 aromatic heterocycles. The molecule has 0 aliphatic rings.